The average molecular weight is 270 g/mol. The Balaban J connectivity index is 2.05. The average Bonchev–Trinajstić information content (AvgIpc) is 2.32. The first-order valence-electron chi connectivity index (χ1n) is 7.42. The van der Waals surface area contributed by atoms with Gasteiger partial charge in [-0.3, -0.25) is 9.80 Å². The largest absolute Gasteiger partial charge is 0.378 e. The Labute approximate surface area is 118 Å². The number of ether oxygens (including phenoxy) is 2. The number of rotatable bonds is 2. The smallest absolute Gasteiger partial charge is 0.0880 e. The van der Waals surface area contributed by atoms with Crippen molar-refractivity contribution in [2.45, 2.75) is 57.8 Å². The lowest BCUT2D eigenvalue weighted by molar-refractivity contribution is -0.154. The lowest BCUT2D eigenvalue weighted by atomic mass is 9.90. The predicted molar refractivity (Wildman–Crippen MR) is 77.5 cm³/mol. The van der Waals surface area contributed by atoms with Crippen LogP contribution in [-0.2, 0) is 9.47 Å². The summed E-state index contributed by atoms with van der Waals surface area (Å²) in [6.45, 7) is 15.8. The number of hydrogen-bond acceptors (Lipinski definition) is 4. The monoisotopic (exact) mass is 270 g/mol. The quantitative estimate of drug-likeness (QED) is 0.761. The maximum atomic E-state index is 6.15. The molecular weight excluding hydrogens is 240 g/mol. The van der Waals surface area contributed by atoms with Crippen molar-refractivity contribution in [3.05, 3.63) is 0 Å². The molecule has 0 aromatic rings. The van der Waals surface area contributed by atoms with Gasteiger partial charge in [0.1, 0.15) is 0 Å². The Morgan fingerprint density at radius 1 is 1.21 bits per heavy atom. The van der Waals surface area contributed by atoms with Crippen LogP contribution in [-0.4, -0.2) is 73.0 Å². The van der Waals surface area contributed by atoms with Crippen molar-refractivity contribution in [3.8, 4) is 0 Å². The van der Waals surface area contributed by atoms with E-state index in [1.807, 2.05) is 0 Å². The molecular formula is C15H30N2O2. The van der Waals surface area contributed by atoms with E-state index in [1.54, 1.807) is 0 Å². The second-order valence-electron chi connectivity index (χ2n) is 7.25. The van der Waals surface area contributed by atoms with Crippen LogP contribution in [0.1, 0.15) is 34.6 Å². The number of morpholine rings is 2. The fourth-order valence-electron chi connectivity index (χ4n) is 3.07. The van der Waals surface area contributed by atoms with Gasteiger partial charge in [0, 0.05) is 30.2 Å². The summed E-state index contributed by atoms with van der Waals surface area (Å²) < 4.78 is 11.7. The minimum Gasteiger partial charge on any atom is -0.378 e. The van der Waals surface area contributed by atoms with E-state index in [1.165, 1.54) is 0 Å². The fraction of sp³-hybridized carbons (Fsp3) is 1.00. The van der Waals surface area contributed by atoms with Gasteiger partial charge in [-0.15, -0.1) is 0 Å². The van der Waals surface area contributed by atoms with Gasteiger partial charge in [-0.25, -0.2) is 0 Å². The molecule has 2 unspecified atom stereocenters. The third-order valence-corrected chi connectivity index (χ3v) is 5.10. The maximum absolute atomic E-state index is 6.15. The van der Waals surface area contributed by atoms with Gasteiger partial charge >= 0.3 is 0 Å². The Hall–Kier alpha value is -0.160. The standard InChI is InChI=1S/C15H30N2O2/c1-12-10-19-13(15(4,5)16(12)6)9-17-7-8-18-11-14(17,2)3/h12-13H,7-11H2,1-6H3. The molecule has 0 aliphatic carbocycles. The number of nitrogens with zero attached hydrogens (tertiary/aromatic N) is 2. The molecule has 0 N–H and O–H groups in total. The highest BCUT2D eigenvalue weighted by Gasteiger charge is 2.43. The second kappa shape index (κ2) is 5.32. The summed E-state index contributed by atoms with van der Waals surface area (Å²) in [5.41, 5.74) is 0.186. The van der Waals surface area contributed by atoms with Crippen molar-refractivity contribution < 1.29 is 9.47 Å². The summed E-state index contributed by atoms with van der Waals surface area (Å²) in [6, 6.07) is 0.490. The first-order valence-corrected chi connectivity index (χ1v) is 7.42. The molecule has 0 aromatic heterocycles. The van der Waals surface area contributed by atoms with Crippen LogP contribution in [0.3, 0.4) is 0 Å². The van der Waals surface area contributed by atoms with Crippen molar-refractivity contribution >= 4 is 0 Å². The molecule has 0 bridgehead atoms. The lowest BCUT2D eigenvalue weighted by Crippen LogP contribution is -2.65. The molecule has 2 atom stereocenters. The highest BCUT2D eigenvalue weighted by molar-refractivity contribution is 4.98. The predicted octanol–water partition coefficient (Wildman–Crippen LogP) is 1.59. The summed E-state index contributed by atoms with van der Waals surface area (Å²) in [5.74, 6) is 0. The molecule has 4 heteroatoms. The van der Waals surface area contributed by atoms with Crippen molar-refractivity contribution in [1.82, 2.24) is 9.80 Å². The van der Waals surface area contributed by atoms with E-state index in [0.717, 1.165) is 32.9 Å². The second-order valence-corrected chi connectivity index (χ2v) is 7.25. The minimum atomic E-state index is 0.0754. The van der Waals surface area contributed by atoms with Gasteiger partial charge < -0.3 is 9.47 Å². The van der Waals surface area contributed by atoms with Crippen LogP contribution in [0.4, 0.5) is 0 Å². The summed E-state index contributed by atoms with van der Waals surface area (Å²) in [6.07, 6.45) is 0.256. The zero-order chi connectivity index (χ0) is 14.3. The molecule has 0 saturated carbocycles. The molecule has 112 valence electrons. The van der Waals surface area contributed by atoms with Crippen molar-refractivity contribution in [2.24, 2.45) is 0 Å². The highest BCUT2D eigenvalue weighted by atomic mass is 16.5. The van der Waals surface area contributed by atoms with Gasteiger partial charge in [0.05, 0.1) is 25.9 Å². The molecule has 2 aliphatic heterocycles. The molecule has 0 spiro atoms. The first kappa shape index (κ1) is 15.2. The van der Waals surface area contributed by atoms with Crippen LogP contribution in [0, 0.1) is 0 Å². The van der Waals surface area contributed by atoms with Gasteiger partial charge in [-0.2, -0.15) is 0 Å². The topological polar surface area (TPSA) is 24.9 Å². The maximum Gasteiger partial charge on any atom is 0.0880 e. The molecule has 0 aromatic carbocycles. The summed E-state index contributed by atoms with van der Waals surface area (Å²) >= 11 is 0. The lowest BCUT2D eigenvalue weighted by Gasteiger charge is -2.52. The SMILES string of the molecule is CC1COC(CN2CCOCC2(C)C)C(C)(C)N1C. The zero-order valence-electron chi connectivity index (χ0n) is 13.4. The molecule has 2 saturated heterocycles. The molecule has 0 amide bonds. The van der Waals surface area contributed by atoms with Crippen LogP contribution in [0.25, 0.3) is 0 Å². The van der Waals surface area contributed by atoms with E-state index in [-0.39, 0.29) is 17.2 Å². The summed E-state index contributed by atoms with van der Waals surface area (Å²) in [4.78, 5) is 4.97. The normalized spacial score (nSPS) is 36.3. The van der Waals surface area contributed by atoms with Crippen molar-refractivity contribution in [2.75, 3.05) is 40.0 Å². The fourth-order valence-corrected chi connectivity index (χ4v) is 3.07. The van der Waals surface area contributed by atoms with Gasteiger partial charge in [0.25, 0.3) is 0 Å². The molecule has 2 heterocycles. The molecule has 4 nitrogen and oxygen atoms in total. The van der Waals surface area contributed by atoms with Gasteiger partial charge in [-0.05, 0) is 41.7 Å². The molecule has 2 rings (SSSR count). The zero-order valence-corrected chi connectivity index (χ0v) is 13.4. The van der Waals surface area contributed by atoms with E-state index >= 15 is 0 Å². The van der Waals surface area contributed by atoms with E-state index < -0.39 is 0 Å². The first-order chi connectivity index (χ1) is 8.75. The molecule has 0 radical (unpaired) electrons. The van der Waals surface area contributed by atoms with Crippen LogP contribution in [0.2, 0.25) is 0 Å². The van der Waals surface area contributed by atoms with E-state index in [0.29, 0.717) is 6.04 Å². The van der Waals surface area contributed by atoms with Gasteiger partial charge in [0.2, 0.25) is 0 Å². The Morgan fingerprint density at radius 2 is 1.89 bits per heavy atom. The summed E-state index contributed by atoms with van der Waals surface area (Å²) in [5, 5.41) is 0. The van der Waals surface area contributed by atoms with Crippen LogP contribution in [0.15, 0.2) is 0 Å². The number of likely N-dealkylation sites (N-methyl/N-ethyl adjacent to an activating group) is 1. The molecule has 19 heavy (non-hydrogen) atoms. The van der Waals surface area contributed by atoms with Gasteiger partial charge in [-0.1, -0.05) is 0 Å². The van der Waals surface area contributed by atoms with Crippen molar-refractivity contribution in [3.63, 3.8) is 0 Å². The van der Waals surface area contributed by atoms with Crippen LogP contribution in [0.5, 0.6) is 0 Å². The van der Waals surface area contributed by atoms with Crippen molar-refractivity contribution in [1.29, 1.82) is 0 Å². The van der Waals surface area contributed by atoms with Gasteiger partial charge in [0.15, 0.2) is 0 Å². The third-order valence-electron chi connectivity index (χ3n) is 5.10. The molecule has 2 fully saturated rings. The van der Waals surface area contributed by atoms with E-state index in [4.69, 9.17) is 9.47 Å². The third kappa shape index (κ3) is 2.97. The van der Waals surface area contributed by atoms with E-state index in [2.05, 4.69) is 51.5 Å². The Bertz CT molecular complexity index is 317. The van der Waals surface area contributed by atoms with E-state index in [9.17, 15) is 0 Å². The minimum absolute atomic E-state index is 0.0754. The Morgan fingerprint density at radius 3 is 2.53 bits per heavy atom. The number of hydrogen-bond donors (Lipinski definition) is 0. The van der Waals surface area contributed by atoms with Crippen LogP contribution < -0.4 is 0 Å². The Kier molecular flexibility index (Phi) is 4.26. The van der Waals surface area contributed by atoms with Crippen LogP contribution >= 0.6 is 0 Å². The highest BCUT2D eigenvalue weighted by Crippen LogP contribution is 2.30. The molecule has 2 aliphatic rings. The summed E-state index contributed by atoms with van der Waals surface area (Å²) in [7, 11) is 2.21.